The van der Waals surface area contributed by atoms with E-state index in [1.807, 2.05) is 0 Å². The van der Waals surface area contributed by atoms with E-state index in [-0.39, 0.29) is 10.8 Å². The monoisotopic (exact) mass is 734 g/mol. The molecule has 0 unspecified atom stereocenters. The Hall–Kier alpha value is -6.84. The van der Waals surface area contributed by atoms with E-state index in [0.717, 1.165) is 56.1 Å². The lowest BCUT2D eigenvalue weighted by atomic mass is 9.82. The van der Waals surface area contributed by atoms with E-state index in [4.69, 9.17) is 4.42 Å². The Morgan fingerprint density at radius 1 is 0.351 bits per heavy atom. The number of para-hydroxylation sites is 2. The van der Waals surface area contributed by atoms with E-state index in [2.05, 4.69) is 219 Å². The summed E-state index contributed by atoms with van der Waals surface area (Å²) in [6.45, 7) is 9.43. The number of nitrogens with zero attached hydrogens (tertiary/aromatic N) is 2. The second kappa shape index (κ2) is 12.3. The molecule has 0 bridgehead atoms. The SMILES string of the molecule is CC1(C)c2ccccc2-c2ccc(N(c3ccc4c(c3)C(C)(C)c3ccccc3-4)c3ccc4oc5cccc(N(c6ccccc6)c6ccccc6)c5c4c3)cc21. The Labute approximate surface area is 334 Å². The van der Waals surface area contributed by atoms with Crippen LogP contribution in [0.2, 0.25) is 0 Å². The standard InChI is InChI=1S/C54H42N2O/c1-53(2)45-22-13-11-20-40(45)42-29-26-38(33-47(42)53)55(39-27-30-43-41-21-12-14-23-46(41)54(3,4)48(43)34-39)37-28-31-50-44(32-37)52-49(24-15-25-51(52)57-50)56(35-16-7-5-8-17-35)36-18-9-6-10-19-36/h5-34H,1-4H3. The van der Waals surface area contributed by atoms with Gasteiger partial charge in [-0.25, -0.2) is 0 Å². The van der Waals surface area contributed by atoms with Crippen LogP contribution in [0.3, 0.4) is 0 Å². The van der Waals surface area contributed by atoms with Gasteiger partial charge in [0.05, 0.1) is 11.1 Å². The lowest BCUT2D eigenvalue weighted by molar-refractivity contribution is 0.660. The molecule has 0 N–H and O–H groups in total. The first-order valence-corrected chi connectivity index (χ1v) is 19.9. The molecule has 0 aliphatic heterocycles. The van der Waals surface area contributed by atoms with Crippen molar-refractivity contribution in [1.29, 1.82) is 0 Å². The van der Waals surface area contributed by atoms with Crippen molar-refractivity contribution in [3.8, 4) is 22.3 Å². The fraction of sp³-hybridized carbons (Fsp3) is 0.111. The van der Waals surface area contributed by atoms with Gasteiger partial charge in [0.2, 0.25) is 0 Å². The number of anilines is 6. The molecule has 1 aromatic heterocycles. The van der Waals surface area contributed by atoms with E-state index < -0.39 is 0 Å². The smallest absolute Gasteiger partial charge is 0.137 e. The zero-order valence-electron chi connectivity index (χ0n) is 32.6. The molecule has 3 nitrogen and oxygen atoms in total. The van der Waals surface area contributed by atoms with Crippen molar-refractivity contribution in [2.45, 2.75) is 38.5 Å². The maximum absolute atomic E-state index is 6.66. The van der Waals surface area contributed by atoms with Crippen LogP contribution in [0.15, 0.2) is 186 Å². The number of furan rings is 1. The van der Waals surface area contributed by atoms with Gasteiger partial charge >= 0.3 is 0 Å². The Balaban J connectivity index is 1.14. The first-order chi connectivity index (χ1) is 27.8. The van der Waals surface area contributed by atoms with Gasteiger partial charge in [0.1, 0.15) is 11.2 Å². The highest BCUT2D eigenvalue weighted by molar-refractivity contribution is 6.14. The zero-order valence-corrected chi connectivity index (χ0v) is 32.6. The van der Waals surface area contributed by atoms with E-state index in [9.17, 15) is 0 Å². The molecule has 3 heteroatoms. The fourth-order valence-electron chi connectivity index (χ4n) is 9.81. The first-order valence-electron chi connectivity index (χ1n) is 19.9. The van der Waals surface area contributed by atoms with Crippen LogP contribution in [0.25, 0.3) is 44.2 Å². The van der Waals surface area contributed by atoms with Crippen molar-refractivity contribution in [2.24, 2.45) is 0 Å². The third-order valence-electron chi connectivity index (χ3n) is 12.6. The van der Waals surface area contributed by atoms with Gasteiger partial charge in [0.15, 0.2) is 0 Å². The third kappa shape index (κ3) is 4.98. The molecule has 1 heterocycles. The average Bonchev–Trinajstić information content (AvgIpc) is 3.82. The largest absolute Gasteiger partial charge is 0.456 e. The van der Waals surface area contributed by atoms with Gasteiger partial charge in [-0.2, -0.15) is 0 Å². The highest BCUT2D eigenvalue weighted by atomic mass is 16.3. The van der Waals surface area contributed by atoms with Crippen molar-refractivity contribution in [2.75, 3.05) is 9.80 Å². The minimum atomic E-state index is -0.132. The molecule has 8 aromatic carbocycles. The van der Waals surface area contributed by atoms with Crippen molar-refractivity contribution in [3.63, 3.8) is 0 Å². The number of rotatable bonds is 6. The Bertz CT molecular complexity index is 2880. The van der Waals surface area contributed by atoms with Crippen LogP contribution in [0, 0.1) is 0 Å². The van der Waals surface area contributed by atoms with E-state index >= 15 is 0 Å². The van der Waals surface area contributed by atoms with Gasteiger partial charge < -0.3 is 14.2 Å². The molecule has 274 valence electrons. The summed E-state index contributed by atoms with van der Waals surface area (Å²) in [6.07, 6.45) is 0. The third-order valence-corrected chi connectivity index (χ3v) is 12.6. The summed E-state index contributed by atoms with van der Waals surface area (Å²) in [6, 6.07) is 66.2. The van der Waals surface area contributed by atoms with Crippen molar-refractivity contribution >= 4 is 56.1 Å². The van der Waals surface area contributed by atoms with Crippen molar-refractivity contribution in [1.82, 2.24) is 0 Å². The van der Waals surface area contributed by atoms with Gasteiger partial charge in [0, 0.05) is 44.7 Å². The summed E-state index contributed by atoms with van der Waals surface area (Å²) in [7, 11) is 0. The van der Waals surface area contributed by atoms with E-state index in [0.29, 0.717) is 0 Å². The fourth-order valence-corrected chi connectivity index (χ4v) is 9.81. The molecule has 2 aliphatic carbocycles. The average molecular weight is 735 g/mol. The van der Waals surface area contributed by atoms with Crippen molar-refractivity contribution < 1.29 is 4.42 Å². The van der Waals surface area contributed by atoms with Crippen LogP contribution >= 0.6 is 0 Å². The predicted molar refractivity (Wildman–Crippen MR) is 238 cm³/mol. The molecule has 9 aromatic rings. The van der Waals surface area contributed by atoms with Crippen molar-refractivity contribution in [3.05, 3.63) is 204 Å². The second-order valence-corrected chi connectivity index (χ2v) is 16.6. The summed E-state index contributed by atoms with van der Waals surface area (Å²) in [4.78, 5) is 4.79. The number of fused-ring (bicyclic) bond motifs is 9. The number of hydrogen-bond acceptors (Lipinski definition) is 3. The molecule has 0 amide bonds. The van der Waals surface area contributed by atoms with Crippen LogP contribution in [-0.4, -0.2) is 0 Å². The molecule has 57 heavy (non-hydrogen) atoms. The summed E-state index contributed by atoms with van der Waals surface area (Å²) in [5.74, 6) is 0. The van der Waals surface area contributed by atoms with Gasteiger partial charge in [-0.05, 0) is 123 Å². The normalized spacial score (nSPS) is 14.2. The van der Waals surface area contributed by atoms with Gasteiger partial charge in [-0.15, -0.1) is 0 Å². The Morgan fingerprint density at radius 3 is 1.39 bits per heavy atom. The zero-order chi connectivity index (χ0) is 38.5. The molecule has 0 fully saturated rings. The lowest BCUT2D eigenvalue weighted by Crippen LogP contribution is -2.18. The molecule has 0 saturated carbocycles. The summed E-state index contributed by atoms with van der Waals surface area (Å²) in [5.41, 5.74) is 18.8. The quantitative estimate of drug-likeness (QED) is 0.170. The van der Waals surface area contributed by atoms with Crippen LogP contribution < -0.4 is 9.80 Å². The molecular formula is C54H42N2O. The van der Waals surface area contributed by atoms with Gasteiger partial charge in [-0.1, -0.05) is 131 Å². The second-order valence-electron chi connectivity index (χ2n) is 16.6. The van der Waals surface area contributed by atoms with Crippen LogP contribution in [0.1, 0.15) is 49.9 Å². The molecule has 11 rings (SSSR count). The maximum atomic E-state index is 6.66. The van der Waals surface area contributed by atoms with Crippen LogP contribution in [0.5, 0.6) is 0 Å². The summed E-state index contributed by atoms with van der Waals surface area (Å²) >= 11 is 0. The number of hydrogen-bond donors (Lipinski definition) is 0. The lowest BCUT2D eigenvalue weighted by Gasteiger charge is -2.30. The van der Waals surface area contributed by atoms with E-state index in [1.165, 1.54) is 44.5 Å². The Kier molecular flexibility index (Phi) is 7.25. The highest BCUT2D eigenvalue weighted by Gasteiger charge is 2.38. The molecule has 0 radical (unpaired) electrons. The summed E-state index contributed by atoms with van der Waals surface area (Å²) < 4.78 is 6.66. The van der Waals surface area contributed by atoms with Crippen LogP contribution in [-0.2, 0) is 10.8 Å². The summed E-state index contributed by atoms with van der Waals surface area (Å²) in [5, 5.41) is 2.15. The molecule has 0 saturated heterocycles. The topological polar surface area (TPSA) is 19.6 Å². The minimum Gasteiger partial charge on any atom is -0.456 e. The Morgan fingerprint density at radius 2 is 0.825 bits per heavy atom. The molecule has 0 spiro atoms. The predicted octanol–water partition coefficient (Wildman–Crippen LogP) is 15.1. The maximum Gasteiger partial charge on any atom is 0.137 e. The van der Waals surface area contributed by atoms with Crippen LogP contribution in [0.4, 0.5) is 34.1 Å². The van der Waals surface area contributed by atoms with Gasteiger partial charge in [-0.3, -0.25) is 0 Å². The minimum absolute atomic E-state index is 0.132. The number of benzene rings is 8. The molecule has 0 atom stereocenters. The van der Waals surface area contributed by atoms with E-state index in [1.54, 1.807) is 0 Å². The first kappa shape index (κ1) is 33.5. The molecular weight excluding hydrogens is 693 g/mol. The highest BCUT2D eigenvalue weighted by Crippen LogP contribution is 2.53. The van der Waals surface area contributed by atoms with Gasteiger partial charge in [0.25, 0.3) is 0 Å². The molecule has 2 aliphatic rings.